The minimum Gasteiger partial charge on any atom is -0.507 e. The molecule has 0 saturated carbocycles. The summed E-state index contributed by atoms with van der Waals surface area (Å²) in [6, 6.07) is 3.06. The Labute approximate surface area is 61.1 Å². The molecule has 0 heterocycles. The molecule has 0 aliphatic carbocycles. The fraction of sp³-hybridized carbons (Fsp3) is 0.143. The molecule has 0 saturated heterocycles. The monoisotopic (exact) mass is 162 g/mol. The van der Waals surface area contributed by atoms with Crippen LogP contribution >= 0.6 is 0 Å². The van der Waals surface area contributed by atoms with Gasteiger partial charge >= 0.3 is 0 Å². The molecule has 0 amide bonds. The van der Waals surface area contributed by atoms with Gasteiger partial charge in [-0.05, 0) is 12.1 Å². The van der Waals surface area contributed by atoms with Gasteiger partial charge in [-0.25, -0.2) is 13.2 Å². The highest BCUT2D eigenvalue weighted by Gasteiger charge is 2.16. The largest absolute Gasteiger partial charge is 0.507 e. The van der Waals surface area contributed by atoms with Gasteiger partial charge in [0.1, 0.15) is 11.6 Å². The number of phenols is 1. The normalized spacial score (nSPS) is 10.5. The van der Waals surface area contributed by atoms with Crippen molar-refractivity contribution in [3.05, 3.63) is 29.6 Å². The van der Waals surface area contributed by atoms with Gasteiger partial charge in [0.15, 0.2) is 0 Å². The maximum absolute atomic E-state index is 12.5. The lowest BCUT2D eigenvalue weighted by atomic mass is 10.2. The van der Waals surface area contributed by atoms with Gasteiger partial charge in [0.2, 0.25) is 0 Å². The molecule has 1 nitrogen and oxygen atoms in total. The van der Waals surface area contributed by atoms with Crippen molar-refractivity contribution >= 4 is 0 Å². The average Bonchev–Trinajstić information content (AvgIpc) is 1.85. The van der Waals surface area contributed by atoms with Crippen molar-refractivity contribution in [2.24, 2.45) is 0 Å². The fourth-order valence-electron chi connectivity index (χ4n) is 0.742. The van der Waals surface area contributed by atoms with Gasteiger partial charge in [0, 0.05) is 0 Å². The molecule has 0 aliphatic heterocycles. The third-order valence-corrected chi connectivity index (χ3v) is 1.25. The van der Waals surface area contributed by atoms with Crippen LogP contribution in [0.2, 0.25) is 0 Å². The Bertz CT molecular complexity index is 240. The van der Waals surface area contributed by atoms with E-state index in [1.807, 2.05) is 0 Å². The highest BCUT2D eigenvalue weighted by molar-refractivity contribution is 5.33. The van der Waals surface area contributed by atoms with Crippen molar-refractivity contribution in [1.82, 2.24) is 0 Å². The summed E-state index contributed by atoms with van der Waals surface area (Å²) in [5.74, 6) is -1.79. The molecule has 0 unspecified atom stereocenters. The van der Waals surface area contributed by atoms with Crippen LogP contribution in [-0.4, -0.2) is 5.11 Å². The molecule has 1 N–H and O–H groups in total. The van der Waals surface area contributed by atoms with E-state index in [4.69, 9.17) is 5.11 Å². The van der Waals surface area contributed by atoms with E-state index < -0.39 is 23.6 Å². The highest BCUT2D eigenvalue weighted by Crippen LogP contribution is 2.29. The van der Waals surface area contributed by atoms with Gasteiger partial charge in [-0.3, -0.25) is 0 Å². The molecule has 60 valence electrons. The summed E-state index contributed by atoms with van der Waals surface area (Å²) in [5, 5.41) is 8.74. The third kappa shape index (κ3) is 1.45. The number of rotatable bonds is 1. The Hall–Kier alpha value is -1.19. The van der Waals surface area contributed by atoms with E-state index in [0.717, 1.165) is 18.2 Å². The maximum Gasteiger partial charge on any atom is 0.270 e. The smallest absolute Gasteiger partial charge is 0.270 e. The van der Waals surface area contributed by atoms with Crippen molar-refractivity contribution in [3.63, 3.8) is 0 Å². The van der Waals surface area contributed by atoms with E-state index in [-0.39, 0.29) is 0 Å². The first-order valence-electron chi connectivity index (χ1n) is 2.88. The molecule has 0 aromatic heterocycles. The van der Waals surface area contributed by atoms with Crippen LogP contribution in [0.1, 0.15) is 12.0 Å². The van der Waals surface area contributed by atoms with Crippen LogP contribution < -0.4 is 0 Å². The molecule has 1 aromatic rings. The van der Waals surface area contributed by atoms with E-state index in [9.17, 15) is 13.2 Å². The van der Waals surface area contributed by atoms with Crippen LogP contribution in [0.15, 0.2) is 18.2 Å². The summed E-state index contributed by atoms with van der Waals surface area (Å²) in [7, 11) is 0. The van der Waals surface area contributed by atoms with Crippen LogP contribution in [0.25, 0.3) is 0 Å². The standard InChI is InChI=1S/C7H5F3O/c8-4-2-1-3-5(11)6(4)7(9)10/h1-3,7,11H. The second kappa shape index (κ2) is 2.82. The summed E-state index contributed by atoms with van der Waals surface area (Å²) in [4.78, 5) is 0. The lowest BCUT2D eigenvalue weighted by Gasteiger charge is -2.02. The van der Waals surface area contributed by atoms with Gasteiger partial charge in [-0.2, -0.15) is 0 Å². The second-order valence-electron chi connectivity index (χ2n) is 1.97. The summed E-state index contributed by atoms with van der Waals surface area (Å²) < 4.78 is 36.2. The topological polar surface area (TPSA) is 20.2 Å². The second-order valence-corrected chi connectivity index (χ2v) is 1.97. The van der Waals surface area contributed by atoms with Crippen molar-refractivity contribution in [2.75, 3.05) is 0 Å². The average molecular weight is 162 g/mol. The number of hydrogen-bond acceptors (Lipinski definition) is 1. The zero-order valence-corrected chi connectivity index (χ0v) is 5.39. The van der Waals surface area contributed by atoms with E-state index in [2.05, 4.69) is 0 Å². The highest BCUT2D eigenvalue weighted by atomic mass is 19.3. The molecule has 0 fully saturated rings. The lowest BCUT2D eigenvalue weighted by Crippen LogP contribution is -1.90. The quantitative estimate of drug-likeness (QED) is 0.672. The van der Waals surface area contributed by atoms with Crippen LogP contribution in [0.3, 0.4) is 0 Å². The van der Waals surface area contributed by atoms with Crippen LogP contribution in [-0.2, 0) is 0 Å². The fourth-order valence-corrected chi connectivity index (χ4v) is 0.742. The zero-order chi connectivity index (χ0) is 8.43. The molecular formula is C7H5F3O. The molecule has 0 radical (unpaired) electrons. The summed E-state index contributed by atoms with van der Waals surface area (Å²) in [5.41, 5.74) is -0.937. The van der Waals surface area contributed by atoms with Crippen molar-refractivity contribution in [2.45, 2.75) is 6.43 Å². The van der Waals surface area contributed by atoms with E-state index in [0.29, 0.717) is 0 Å². The summed E-state index contributed by atoms with van der Waals surface area (Å²) >= 11 is 0. The van der Waals surface area contributed by atoms with Crippen LogP contribution in [0.5, 0.6) is 5.75 Å². The molecular weight excluding hydrogens is 157 g/mol. The Morgan fingerprint density at radius 3 is 2.27 bits per heavy atom. The number of hydrogen-bond donors (Lipinski definition) is 1. The SMILES string of the molecule is Oc1cccc(F)c1C(F)F. The Kier molecular flexibility index (Phi) is 2.03. The third-order valence-electron chi connectivity index (χ3n) is 1.25. The molecule has 1 aromatic carbocycles. The lowest BCUT2D eigenvalue weighted by molar-refractivity contribution is 0.142. The zero-order valence-electron chi connectivity index (χ0n) is 5.39. The molecule has 1 rings (SSSR count). The number of benzene rings is 1. The van der Waals surface area contributed by atoms with E-state index in [1.54, 1.807) is 0 Å². The Morgan fingerprint density at radius 1 is 1.27 bits per heavy atom. The minimum atomic E-state index is -2.98. The first-order valence-corrected chi connectivity index (χ1v) is 2.88. The number of aromatic hydroxyl groups is 1. The molecule has 11 heavy (non-hydrogen) atoms. The number of phenolic OH excluding ortho intramolecular Hbond substituents is 1. The summed E-state index contributed by atoms with van der Waals surface area (Å²) in [6.07, 6.45) is -2.98. The van der Waals surface area contributed by atoms with Crippen LogP contribution in [0.4, 0.5) is 13.2 Å². The molecule has 0 bridgehead atoms. The first kappa shape index (κ1) is 7.91. The van der Waals surface area contributed by atoms with Gasteiger partial charge in [-0.15, -0.1) is 0 Å². The van der Waals surface area contributed by atoms with Crippen molar-refractivity contribution < 1.29 is 18.3 Å². The molecule has 4 heteroatoms. The Balaban J connectivity index is 3.21. The van der Waals surface area contributed by atoms with E-state index in [1.165, 1.54) is 0 Å². The maximum atomic E-state index is 12.5. The van der Waals surface area contributed by atoms with E-state index >= 15 is 0 Å². The molecule has 0 atom stereocenters. The molecule has 0 spiro atoms. The van der Waals surface area contributed by atoms with Crippen molar-refractivity contribution in [1.29, 1.82) is 0 Å². The van der Waals surface area contributed by atoms with Gasteiger partial charge in [0.25, 0.3) is 6.43 Å². The first-order chi connectivity index (χ1) is 5.13. The number of alkyl halides is 2. The number of halogens is 3. The van der Waals surface area contributed by atoms with Crippen molar-refractivity contribution in [3.8, 4) is 5.75 Å². The van der Waals surface area contributed by atoms with Gasteiger partial charge in [0.05, 0.1) is 5.56 Å². The predicted octanol–water partition coefficient (Wildman–Crippen LogP) is 2.47. The molecule has 0 aliphatic rings. The van der Waals surface area contributed by atoms with Crippen LogP contribution in [0, 0.1) is 5.82 Å². The van der Waals surface area contributed by atoms with Gasteiger partial charge in [-0.1, -0.05) is 6.07 Å². The predicted molar refractivity (Wildman–Crippen MR) is 33.0 cm³/mol. The van der Waals surface area contributed by atoms with Gasteiger partial charge < -0.3 is 5.11 Å². The summed E-state index contributed by atoms with van der Waals surface area (Å²) in [6.45, 7) is 0. The Morgan fingerprint density at radius 2 is 1.91 bits per heavy atom. The minimum absolute atomic E-state index is 0.708.